The fourth-order valence-electron chi connectivity index (χ4n) is 3.18. The van der Waals surface area contributed by atoms with E-state index in [1.54, 1.807) is 7.05 Å². The van der Waals surface area contributed by atoms with Crippen molar-refractivity contribution < 1.29 is 9.53 Å². The second kappa shape index (κ2) is 10.7. The van der Waals surface area contributed by atoms with Gasteiger partial charge in [0.05, 0.1) is 6.54 Å². The first-order valence-corrected chi connectivity index (χ1v) is 9.31. The summed E-state index contributed by atoms with van der Waals surface area (Å²) in [6.07, 6.45) is 2.52. The van der Waals surface area contributed by atoms with Gasteiger partial charge in [0.25, 0.3) is 0 Å². The van der Waals surface area contributed by atoms with Gasteiger partial charge in [0.1, 0.15) is 12.4 Å². The molecule has 0 spiro atoms. The molecular formula is C19H31N5O2. The van der Waals surface area contributed by atoms with Gasteiger partial charge in [0, 0.05) is 38.3 Å². The van der Waals surface area contributed by atoms with Gasteiger partial charge in [0.15, 0.2) is 5.96 Å². The molecular weight excluding hydrogens is 330 g/mol. The molecule has 1 saturated heterocycles. The number of hydrogen-bond acceptors (Lipinski definition) is 4. The summed E-state index contributed by atoms with van der Waals surface area (Å²) in [7, 11) is 1.78. The van der Waals surface area contributed by atoms with E-state index < -0.39 is 0 Å². The monoisotopic (exact) mass is 361 g/mol. The summed E-state index contributed by atoms with van der Waals surface area (Å²) in [5.41, 5.74) is 0.734. The molecule has 1 aliphatic rings. The average Bonchev–Trinajstić information content (AvgIpc) is 3.08. The van der Waals surface area contributed by atoms with E-state index in [-0.39, 0.29) is 5.91 Å². The second-order valence-electron chi connectivity index (χ2n) is 6.36. The third-order valence-corrected chi connectivity index (χ3v) is 4.45. The van der Waals surface area contributed by atoms with Gasteiger partial charge in [-0.05, 0) is 38.1 Å². The van der Waals surface area contributed by atoms with Gasteiger partial charge in [-0.15, -0.1) is 0 Å². The maximum absolute atomic E-state index is 11.1. The van der Waals surface area contributed by atoms with Crippen molar-refractivity contribution in [2.75, 3.05) is 45.2 Å². The highest BCUT2D eigenvalue weighted by Crippen LogP contribution is 2.17. The fourth-order valence-corrected chi connectivity index (χ4v) is 3.18. The number of nitrogens with zero attached hydrogens (tertiary/aromatic N) is 2. The molecule has 1 heterocycles. The van der Waals surface area contributed by atoms with Crippen LogP contribution in [0.15, 0.2) is 29.3 Å². The molecule has 1 aromatic rings. The lowest BCUT2D eigenvalue weighted by Gasteiger charge is -2.24. The Hall–Kier alpha value is -2.28. The van der Waals surface area contributed by atoms with E-state index in [9.17, 15) is 4.79 Å². The summed E-state index contributed by atoms with van der Waals surface area (Å²) in [6, 6.07) is 7.97. The number of likely N-dealkylation sites (tertiary alicyclic amines) is 1. The Bertz CT molecular complexity index is 605. The quantitative estimate of drug-likeness (QED) is 0.373. The Balaban J connectivity index is 1.68. The molecule has 0 bridgehead atoms. The molecule has 144 valence electrons. The maximum atomic E-state index is 11.1. The van der Waals surface area contributed by atoms with Crippen molar-refractivity contribution in [3.05, 3.63) is 24.3 Å². The van der Waals surface area contributed by atoms with Gasteiger partial charge in [-0.2, -0.15) is 0 Å². The molecule has 0 saturated carbocycles. The third kappa shape index (κ3) is 6.55. The molecule has 2 rings (SSSR count). The van der Waals surface area contributed by atoms with E-state index >= 15 is 0 Å². The molecule has 1 unspecified atom stereocenters. The number of carbonyl (C=O) groups is 1. The van der Waals surface area contributed by atoms with Crippen LogP contribution in [-0.2, 0) is 4.79 Å². The summed E-state index contributed by atoms with van der Waals surface area (Å²) in [5.74, 6) is 1.43. The van der Waals surface area contributed by atoms with Gasteiger partial charge in [-0.25, -0.2) is 0 Å². The third-order valence-electron chi connectivity index (χ3n) is 4.45. The SMILES string of the molecule is CCN1CCCC1CNC(=NC)NCCOc1cccc(NC(C)=O)c1. The van der Waals surface area contributed by atoms with Crippen molar-refractivity contribution in [1.29, 1.82) is 0 Å². The number of anilines is 1. The largest absolute Gasteiger partial charge is 0.492 e. The summed E-state index contributed by atoms with van der Waals surface area (Å²) < 4.78 is 5.73. The Kier molecular flexibility index (Phi) is 8.21. The highest BCUT2D eigenvalue weighted by Gasteiger charge is 2.22. The number of guanidine groups is 1. The zero-order valence-corrected chi connectivity index (χ0v) is 16.0. The average molecular weight is 361 g/mol. The number of ether oxygens (including phenoxy) is 1. The lowest BCUT2D eigenvalue weighted by atomic mass is 10.2. The minimum Gasteiger partial charge on any atom is -0.492 e. The van der Waals surface area contributed by atoms with Crippen molar-refractivity contribution >= 4 is 17.6 Å². The fraction of sp³-hybridized carbons (Fsp3) is 0.579. The first-order chi connectivity index (χ1) is 12.6. The van der Waals surface area contributed by atoms with E-state index in [1.165, 1.54) is 26.3 Å². The topological polar surface area (TPSA) is 78.0 Å². The molecule has 1 amide bonds. The van der Waals surface area contributed by atoms with E-state index in [4.69, 9.17) is 4.74 Å². The van der Waals surface area contributed by atoms with Gasteiger partial charge < -0.3 is 20.7 Å². The Labute approximate surface area is 156 Å². The van der Waals surface area contributed by atoms with E-state index in [1.807, 2.05) is 24.3 Å². The van der Waals surface area contributed by atoms with Crippen LogP contribution >= 0.6 is 0 Å². The van der Waals surface area contributed by atoms with Crippen LogP contribution < -0.4 is 20.7 Å². The van der Waals surface area contributed by atoms with Gasteiger partial charge in [-0.3, -0.25) is 14.7 Å². The first-order valence-electron chi connectivity index (χ1n) is 9.31. The minimum atomic E-state index is -0.0948. The molecule has 3 N–H and O–H groups in total. The molecule has 1 atom stereocenters. The number of likely N-dealkylation sites (N-methyl/N-ethyl adjacent to an activating group) is 1. The smallest absolute Gasteiger partial charge is 0.221 e. The van der Waals surface area contributed by atoms with Crippen molar-refractivity contribution in [3.63, 3.8) is 0 Å². The van der Waals surface area contributed by atoms with Crippen LogP contribution in [0.3, 0.4) is 0 Å². The summed E-state index contributed by atoms with van der Waals surface area (Å²) >= 11 is 0. The summed E-state index contributed by atoms with van der Waals surface area (Å²) in [5, 5.41) is 9.42. The van der Waals surface area contributed by atoms with Crippen LogP contribution in [0.1, 0.15) is 26.7 Å². The zero-order valence-electron chi connectivity index (χ0n) is 16.0. The maximum Gasteiger partial charge on any atom is 0.221 e. The molecule has 1 aromatic carbocycles. The van der Waals surface area contributed by atoms with Crippen LogP contribution in [0, 0.1) is 0 Å². The van der Waals surface area contributed by atoms with Crippen LogP contribution in [0.25, 0.3) is 0 Å². The predicted octanol–water partition coefficient (Wildman–Crippen LogP) is 1.67. The normalized spacial score (nSPS) is 17.8. The molecule has 0 aromatic heterocycles. The zero-order chi connectivity index (χ0) is 18.8. The van der Waals surface area contributed by atoms with Crippen molar-refractivity contribution in [3.8, 4) is 5.75 Å². The highest BCUT2D eigenvalue weighted by atomic mass is 16.5. The molecule has 1 fully saturated rings. The van der Waals surface area contributed by atoms with Crippen LogP contribution in [0.5, 0.6) is 5.75 Å². The number of aliphatic imine (C=N–C) groups is 1. The lowest BCUT2D eigenvalue weighted by molar-refractivity contribution is -0.114. The molecule has 26 heavy (non-hydrogen) atoms. The Morgan fingerprint density at radius 2 is 2.23 bits per heavy atom. The minimum absolute atomic E-state index is 0.0948. The Morgan fingerprint density at radius 3 is 2.96 bits per heavy atom. The van der Waals surface area contributed by atoms with Crippen molar-refractivity contribution in [1.82, 2.24) is 15.5 Å². The Morgan fingerprint density at radius 1 is 1.38 bits per heavy atom. The second-order valence-corrected chi connectivity index (χ2v) is 6.36. The van der Waals surface area contributed by atoms with E-state index in [0.29, 0.717) is 19.2 Å². The summed E-state index contributed by atoms with van der Waals surface area (Å²) in [6.45, 7) is 8.06. The molecule has 0 radical (unpaired) electrons. The van der Waals surface area contributed by atoms with E-state index in [2.05, 4.69) is 32.8 Å². The molecule has 0 aliphatic carbocycles. The van der Waals surface area contributed by atoms with Gasteiger partial charge in [0.2, 0.25) is 5.91 Å². The highest BCUT2D eigenvalue weighted by molar-refractivity contribution is 5.88. The number of hydrogen-bond donors (Lipinski definition) is 3. The number of carbonyl (C=O) groups excluding carboxylic acids is 1. The standard InChI is InChI=1S/C19H31N5O2/c1-4-24-11-6-8-17(24)14-22-19(20-3)21-10-12-26-18-9-5-7-16(13-18)23-15(2)25/h5,7,9,13,17H,4,6,8,10-12,14H2,1-3H3,(H,23,25)(H2,20,21,22). The van der Waals surface area contributed by atoms with Gasteiger partial charge in [-0.1, -0.05) is 13.0 Å². The number of amides is 1. The lowest BCUT2D eigenvalue weighted by Crippen LogP contribution is -2.45. The van der Waals surface area contributed by atoms with Crippen molar-refractivity contribution in [2.24, 2.45) is 4.99 Å². The van der Waals surface area contributed by atoms with E-state index in [0.717, 1.165) is 30.5 Å². The molecule has 7 nitrogen and oxygen atoms in total. The van der Waals surface area contributed by atoms with Crippen molar-refractivity contribution in [2.45, 2.75) is 32.7 Å². The predicted molar refractivity (Wildman–Crippen MR) is 106 cm³/mol. The van der Waals surface area contributed by atoms with Crippen LogP contribution in [0.4, 0.5) is 5.69 Å². The first kappa shape index (κ1) is 20.0. The van der Waals surface area contributed by atoms with Crippen LogP contribution in [-0.4, -0.2) is 62.6 Å². The number of rotatable bonds is 8. The number of benzene rings is 1. The molecule has 7 heteroatoms. The summed E-state index contributed by atoms with van der Waals surface area (Å²) in [4.78, 5) is 17.9. The molecule has 1 aliphatic heterocycles. The van der Waals surface area contributed by atoms with Crippen LogP contribution in [0.2, 0.25) is 0 Å². The number of nitrogens with one attached hydrogen (secondary N) is 3. The van der Waals surface area contributed by atoms with Gasteiger partial charge >= 0.3 is 0 Å².